The fourth-order valence-electron chi connectivity index (χ4n) is 10.5. The lowest BCUT2D eigenvalue weighted by atomic mass is 9.91. The third-order valence-corrected chi connectivity index (χ3v) is 16.0. The Balaban J connectivity index is 4.31. The number of nitrogens with one attached hydrogen (secondary N) is 5. The van der Waals surface area contributed by atoms with Gasteiger partial charge in [0, 0.05) is 48.7 Å². The normalized spacial score (nSPS) is 27.2. The number of allylic oxidation sites excluding steroid dienone is 2. The van der Waals surface area contributed by atoms with Gasteiger partial charge in [0.1, 0.15) is 60.4 Å². The Morgan fingerprint density at radius 1 is 0.541 bits per heavy atom. The van der Waals surface area contributed by atoms with E-state index in [0.29, 0.717) is 12.8 Å². The van der Waals surface area contributed by atoms with Crippen LogP contribution in [0.5, 0.6) is 0 Å². The smallest absolute Gasteiger partial charge is 0.246 e. The van der Waals surface area contributed by atoms with Crippen LogP contribution in [0, 0.1) is 35.5 Å². The number of hydrogen-bond acceptors (Lipinski definition) is 13. The first-order chi connectivity index (χ1) is 39.1. The maximum Gasteiger partial charge on any atom is 0.246 e. The molecule has 24 nitrogen and oxygen atoms in total. The van der Waals surface area contributed by atoms with Gasteiger partial charge in [0.2, 0.25) is 65.0 Å². The molecule has 1 saturated heterocycles. The predicted octanol–water partition coefficient (Wildman–Crippen LogP) is 2.04. The Bertz CT molecular complexity index is 2340. The average molecular weight is 1200 g/mol. The Hall–Kier alpha value is -6.17. The van der Waals surface area contributed by atoms with Gasteiger partial charge in [-0.15, -0.1) is 0 Å². The van der Waals surface area contributed by atoms with E-state index >= 15 is 9.59 Å². The zero-order valence-corrected chi connectivity index (χ0v) is 55.5. The summed E-state index contributed by atoms with van der Waals surface area (Å²) in [4.78, 5) is 166. The molecule has 1 heterocycles. The number of rotatable bonds is 15. The summed E-state index contributed by atoms with van der Waals surface area (Å²) in [5.74, 6) is -10.8. The minimum Gasteiger partial charge on any atom is -0.390 e. The topological polar surface area (TPSA) is 308 Å². The molecular weight excluding hydrogens is 1090 g/mol. The SMILES string of the molecule is C/C=C/CC(C)C(O)C1C(=O)NC(CC)C(=O)N(C)CC(=O)N(C)C(C(C)CC)C(=O)NC(C(C)C)C(=O)N(C)C(CC(C)C)C(=O)NC(C)C(=O)NC(C)C(=O)NC(CC(C)(C)O)C(=O)N(C)C(CC(C)C)C(=O)N(C)C(C(C)C)C(=O)N1C. The van der Waals surface area contributed by atoms with E-state index in [0.717, 1.165) is 14.7 Å². The Morgan fingerprint density at radius 3 is 1.48 bits per heavy atom. The molecule has 85 heavy (non-hydrogen) atoms. The van der Waals surface area contributed by atoms with Crippen molar-refractivity contribution in [2.24, 2.45) is 35.5 Å². The molecule has 0 aromatic rings. The summed E-state index contributed by atoms with van der Waals surface area (Å²) < 4.78 is 0. The van der Waals surface area contributed by atoms with Crippen LogP contribution in [0.1, 0.15) is 156 Å². The maximum absolute atomic E-state index is 15.1. The number of hydrogen-bond donors (Lipinski definition) is 7. The lowest BCUT2D eigenvalue weighted by Crippen LogP contribution is -2.63. The second-order valence-electron chi connectivity index (χ2n) is 25.8. The summed E-state index contributed by atoms with van der Waals surface area (Å²) in [5, 5.41) is 36.6. The molecule has 1 rings (SSSR count). The van der Waals surface area contributed by atoms with E-state index in [4.69, 9.17) is 0 Å². The predicted molar refractivity (Wildman–Crippen MR) is 325 cm³/mol. The minimum atomic E-state index is -1.64. The zero-order valence-electron chi connectivity index (χ0n) is 55.5. The summed E-state index contributed by atoms with van der Waals surface area (Å²) in [6.07, 6.45) is 2.62. The van der Waals surface area contributed by atoms with Gasteiger partial charge in [-0.25, -0.2) is 0 Å². The molecule has 7 N–H and O–H groups in total. The first kappa shape index (κ1) is 76.8. The van der Waals surface area contributed by atoms with E-state index in [2.05, 4.69) is 26.6 Å². The van der Waals surface area contributed by atoms with Gasteiger partial charge >= 0.3 is 0 Å². The third-order valence-electron chi connectivity index (χ3n) is 16.0. The Kier molecular flexibility index (Phi) is 31.0. The highest BCUT2D eigenvalue weighted by atomic mass is 16.3. The van der Waals surface area contributed by atoms with Crippen LogP contribution < -0.4 is 26.6 Å². The Labute approximate surface area is 507 Å². The monoisotopic (exact) mass is 1200 g/mol. The highest BCUT2D eigenvalue weighted by molar-refractivity contribution is 5.99. The summed E-state index contributed by atoms with van der Waals surface area (Å²) in [6.45, 7) is 27.9. The van der Waals surface area contributed by atoms with Crippen molar-refractivity contribution in [1.82, 2.24) is 56.0 Å². The van der Waals surface area contributed by atoms with Crippen molar-refractivity contribution in [2.75, 3.05) is 48.8 Å². The van der Waals surface area contributed by atoms with Gasteiger partial charge < -0.3 is 66.2 Å². The maximum atomic E-state index is 15.1. The molecule has 1 fully saturated rings. The van der Waals surface area contributed by atoms with Crippen LogP contribution in [0.15, 0.2) is 12.2 Å². The van der Waals surface area contributed by atoms with Crippen molar-refractivity contribution in [3.8, 4) is 0 Å². The number of aliphatic hydroxyl groups is 2. The van der Waals surface area contributed by atoms with E-state index in [-0.39, 0.29) is 37.5 Å². The standard InChI is InChI=1S/C61H109N11O13/c1-24-27-28-38(13)50(74)49-55(79)64-41(26-3)56(80)67(18)32-45(73)70(21)48(37(12)25-2)54(78)66-46(35(8)9)59(83)68(19)43(29-33(4)5)53(77)63-39(14)51(75)62-40(15)52(76)65-42(31-61(16,17)85)57(81)69(20)44(30-34(6)7)58(82)71(22)47(36(10)11)60(84)72(49)23/h24,27,33-44,46-50,74,85H,25-26,28-32H2,1-23H3,(H,62,75)(H,63,77)(H,64,79)(H,65,76)(H,66,78)/b27-24+. The van der Waals surface area contributed by atoms with E-state index in [1.807, 2.05) is 34.6 Å². The largest absolute Gasteiger partial charge is 0.390 e. The molecule has 1 aliphatic heterocycles. The molecule has 0 aromatic heterocycles. The van der Waals surface area contributed by atoms with E-state index in [1.165, 1.54) is 84.7 Å². The first-order valence-electron chi connectivity index (χ1n) is 30.2. The fourth-order valence-corrected chi connectivity index (χ4v) is 10.5. The van der Waals surface area contributed by atoms with Gasteiger partial charge in [0.25, 0.3) is 0 Å². The van der Waals surface area contributed by atoms with Crippen molar-refractivity contribution in [3.63, 3.8) is 0 Å². The van der Waals surface area contributed by atoms with Crippen LogP contribution in [-0.2, 0) is 52.7 Å². The molecule has 0 aliphatic carbocycles. The van der Waals surface area contributed by atoms with Crippen molar-refractivity contribution in [2.45, 2.75) is 228 Å². The molecule has 11 amide bonds. The van der Waals surface area contributed by atoms with Gasteiger partial charge in [0.05, 0.1) is 18.2 Å². The summed E-state index contributed by atoms with van der Waals surface area (Å²) in [6, 6.07) is -13.1. The summed E-state index contributed by atoms with van der Waals surface area (Å²) in [7, 11) is 8.27. The Morgan fingerprint density at radius 2 is 1.01 bits per heavy atom. The number of nitrogens with zero attached hydrogens (tertiary/aromatic N) is 6. The lowest BCUT2D eigenvalue weighted by molar-refractivity contribution is -0.156. The van der Waals surface area contributed by atoms with Crippen LogP contribution in [0.25, 0.3) is 0 Å². The zero-order chi connectivity index (χ0) is 66.0. The molecule has 13 atom stereocenters. The highest BCUT2D eigenvalue weighted by Gasteiger charge is 2.45. The molecule has 0 bridgehead atoms. The minimum absolute atomic E-state index is 0.00688. The molecule has 0 spiro atoms. The fraction of sp³-hybridized carbons (Fsp3) is 0.787. The quantitative estimate of drug-likeness (QED) is 0.116. The molecule has 486 valence electrons. The number of aliphatic hydroxyl groups excluding tert-OH is 1. The highest BCUT2D eigenvalue weighted by Crippen LogP contribution is 2.25. The molecule has 0 saturated carbocycles. The van der Waals surface area contributed by atoms with Crippen LogP contribution in [0.4, 0.5) is 0 Å². The molecular formula is C61H109N11O13. The molecule has 1 aliphatic rings. The van der Waals surface area contributed by atoms with Crippen molar-refractivity contribution >= 4 is 65.0 Å². The van der Waals surface area contributed by atoms with Gasteiger partial charge in [-0.2, -0.15) is 0 Å². The number of carbonyl (C=O) groups excluding carboxylic acids is 11. The number of likely N-dealkylation sites (N-methyl/N-ethyl adjacent to an activating group) is 6. The van der Waals surface area contributed by atoms with Crippen LogP contribution >= 0.6 is 0 Å². The van der Waals surface area contributed by atoms with Crippen molar-refractivity contribution < 1.29 is 63.0 Å². The van der Waals surface area contributed by atoms with Crippen LogP contribution in [0.2, 0.25) is 0 Å². The molecule has 13 unspecified atom stereocenters. The first-order valence-corrected chi connectivity index (χ1v) is 30.2. The van der Waals surface area contributed by atoms with Gasteiger partial charge in [-0.1, -0.05) is 102 Å². The van der Waals surface area contributed by atoms with Crippen LogP contribution in [-0.4, -0.2) is 226 Å². The van der Waals surface area contributed by atoms with Gasteiger partial charge in [0.15, 0.2) is 0 Å². The van der Waals surface area contributed by atoms with Gasteiger partial charge in [-0.3, -0.25) is 52.7 Å². The number of carbonyl (C=O) groups is 11. The molecule has 24 heteroatoms. The lowest BCUT2D eigenvalue weighted by Gasteiger charge is -2.41. The second kappa shape index (κ2) is 34.2. The van der Waals surface area contributed by atoms with Gasteiger partial charge in [-0.05, 0) is 95.8 Å². The third kappa shape index (κ3) is 21.9. The van der Waals surface area contributed by atoms with Crippen molar-refractivity contribution in [1.29, 1.82) is 0 Å². The van der Waals surface area contributed by atoms with E-state index < -0.39 is 167 Å². The summed E-state index contributed by atoms with van der Waals surface area (Å²) in [5.41, 5.74) is -1.56. The van der Waals surface area contributed by atoms with Crippen molar-refractivity contribution in [3.05, 3.63) is 12.2 Å². The number of amides is 11. The summed E-state index contributed by atoms with van der Waals surface area (Å²) >= 11 is 0. The molecule has 0 radical (unpaired) electrons. The average Bonchev–Trinajstić information content (AvgIpc) is 3.60. The van der Waals surface area contributed by atoms with Crippen LogP contribution in [0.3, 0.4) is 0 Å². The molecule has 0 aromatic carbocycles. The van der Waals surface area contributed by atoms with E-state index in [9.17, 15) is 53.4 Å². The second-order valence-corrected chi connectivity index (χ2v) is 25.8. The van der Waals surface area contributed by atoms with E-state index in [1.54, 1.807) is 67.5 Å².